The van der Waals surface area contributed by atoms with E-state index in [9.17, 15) is 13.0 Å². The van der Waals surface area contributed by atoms with E-state index in [1.54, 1.807) is 0 Å². The van der Waals surface area contributed by atoms with E-state index >= 15 is 0 Å². The second kappa shape index (κ2) is 8.17. The van der Waals surface area contributed by atoms with Gasteiger partial charge < -0.3 is 9.45 Å². The van der Waals surface area contributed by atoms with Crippen molar-refractivity contribution in [2.24, 2.45) is 0 Å². The Hall–Kier alpha value is -0.0700. The molecular weight excluding hydrogens is 261 g/mol. The number of rotatable bonds is 6. The van der Waals surface area contributed by atoms with Crippen LogP contribution in [0, 0.1) is 6.92 Å². The van der Waals surface area contributed by atoms with Gasteiger partial charge in [0.25, 0.3) is 0 Å². The van der Waals surface area contributed by atoms with Gasteiger partial charge in [0.05, 0.1) is 10.1 Å². The Bertz CT molecular complexity index is 462. The van der Waals surface area contributed by atoms with Crippen LogP contribution < -0.4 is 34.5 Å². The van der Waals surface area contributed by atoms with Gasteiger partial charge in [-0.25, -0.2) is 8.42 Å². The Morgan fingerprint density at radius 2 is 2.00 bits per heavy atom. The van der Waals surface area contributed by atoms with Gasteiger partial charge in [-0.15, -0.1) is 0 Å². The first-order valence-electron chi connectivity index (χ1n) is 5.67. The molecule has 18 heavy (non-hydrogen) atoms. The summed E-state index contributed by atoms with van der Waals surface area (Å²) < 4.78 is 31.6. The molecular formula is C12H18NNaO3S. The molecule has 0 amide bonds. The van der Waals surface area contributed by atoms with Crippen molar-refractivity contribution in [3.05, 3.63) is 29.8 Å². The fourth-order valence-corrected chi connectivity index (χ4v) is 2.21. The minimum absolute atomic E-state index is 0. The van der Waals surface area contributed by atoms with E-state index in [0.717, 1.165) is 17.8 Å². The van der Waals surface area contributed by atoms with Crippen LogP contribution in [0.4, 0.5) is 5.69 Å². The molecule has 1 rings (SSSR count). The standard InChI is InChI=1S/C12H19NO3S.Na/c1-3-13(8-5-9-17(14,15)16)12-7-4-6-11(2)10-12;/h4,6-7,10H,3,5,8-9H2,1-2H3,(H,14,15,16);/q;+1/p-1. The van der Waals surface area contributed by atoms with Gasteiger partial charge in [0.1, 0.15) is 0 Å². The molecule has 96 valence electrons. The summed E-state index contributed by atoms with van der Waals surface area (Å²) in [6.45, 7) is 5.40. The Balaban J connectivity index is 0.00000289. The monoisotopic (exact) mass is 279 g/mol. The van der Waals surface area contributed by atoms with Crippen molar-refractivity contribution in [1.29, 1.82) is 0 Å². The summed E-state index contributed by atoms with van der Waals surface area (Å²) in [5.41, 5.74) is 2.23. The average Bonchev–Trinajstić information content (AvgIpc) is 2.23. The SMILES string of the molecule is CCN(CCCS(=O)(=O)[O-])c1cccc(C)c1.[Na+]. The number of hydrogen-bond acceptors (Lipinski definition) is 4. The van der Waals surface area contributed by atoms with E-state index in [-0.39, 0.29) is 35.3 Å². The first-order chi connectivity index (χ1) is 7.92. The Kier molecular flexibility index (Phi) is 8.14. The van der Waals surface area contributed by atoms with E-state index in [4.69, 9.17) is 0 Å². The molecule has 0 saturated carbocycles. The van der Waals surface area contributed by atoms with Crippen molar-refractivity contribution in [3.63, 3.8) is 0 Å². The average molecular weight is 279 g/mol. The molecule has 6 heteroatoms. The maximum Gasteiger partial charge on any atom is 1.00 e. The van der Waals surface area contributed by atoms with Crippen LogP contribution in [0.1, 0.15) is 18.9 Å². The number of nitrogens with zero attached hydrogens (tertiary/aromatic N) is 1. The van der Waals surface area contributed by atoms with Crippen LogP contribution in [0.25, 0.3) is 0 Å². The van der Waals surface area contributed by atoms with E-state index in [2.05, 4.69) is 11.0 Å². The number of anilines is 1. The van der Waals surface area contributed by atoms with E-state index in [0.29, 0.717) is 13.0 Å². The maximum atomic E-state index is 10.5. The molecule has 0 atom stereocenters. The van der Waals surface area contributed by atoms with E-state index in [1.165, 1.54) is 0 Å². The van der Waals surface area contributed by atoms with Crippen LogP contribution in [0.3, 0.4) is 0 Å². The Morgan fingerprint density at radius 3 is 2.50 bits per heavy atom. The summed E-state index contributed by atoms with van der Waals surface area (Å²) in [6, 6.07) is 8.02. The van der Waals surface area contributed by atoms with Crippen molar-refractivity contribution >= 4 is 15.8 Å². The van der Waals surface area contributed by atoms with Crippen LogP contribution >= 0.6 is 0 Å². The summed E-state index contributed by atoms with van der Waals surface area (Å²) >= 11 is 0. The molecule has 0 aliphatic rings. The molecule has 1 aromatic rings. The quantitative estimate of drug-likeness (QED) is 0.483. The summed E-state index contributed by atoms with van der Waals surface area (Å²) in [5, 5.41) is 0. The molecule has 0 aliphatic heterocycles. The summed E-state index contributed by atoms with van der Waals surface area (Å²) in [7, 11) is -4.10. The largest absolute Gasteiger partial charge is 1.00 e. The van der Waals surface area contributed by atoms with Crippen LogP contribution in [0.2, 0.25) is 0 Å². The van der Waals surface area contributed by atoms with Gasteiger partial charge in [-0.1, -0.05) is 12.1 Å². The maximum absolute atomic E-state index is 10.5. The molecule has 0 spiro atoms. The van der Waals surface area contributed by atoms with Crippen molar-refractivity contribution < 1.29 is 42.5 Å². The fraction of sp³-hybridized carbons (Fsp3) is 0.500. The normalized spacial score (nSPS) is 10.8. The van der Waals surface area contributed by atoms with Crippen LogP contribution in [-0.4, -0.2) is 31.8 Å². The number of hydrogen-bond donors (Lipinski definition) is 0. The summed E-state index contributed by atoms with van der Waals surface area (Å²) in [4.78, 5) is 2.07. The van der Waals surface area contributed by atoms with Gasteiger partial charge >= 0.3 is 29.6 Å². The minimum atomic E-state index is -4.10. The third-order valence-corrected chi connectivity index (χ3v) is 3.36. The summed E-state index contributed by atoms with van der Waals surface area (Å²) in [6.07, 6.45) is 0.369. The van der Waals surface area contributed by atoms with Crippen LogP contribution in [0.5, 0.6) is 0 Å². The zero-order chi connectivity index (χ0) is 12.9. The van der Waals surface area contributed by atoms with Crippen molar-refractivity contribution in [2.45, 2.75) is 20.3 Å². The molecule has 0 aromatic heterocycles. The van der Waals surface area contributed by atoms with Gasteiger partial charge in [-0.05, 0) is 38.0 Å². The third-order valence-electron chi connectivity index (χ3n) is 2.57. The topological polar surface area (TPSA) is 60.4 Å². The van der Waals surface area contributed by atoms with Crippen LogP contribution in [-0.2, 0) is 10.1 Å². The summed E-state index contributed by atoms with van der Waals surface area (Å²) in [5.74, 6) is -0.296. The van der Waals surface area contributed by atoms with E-state index in [1.807, 2.05) is 32.0 Å². The van der Waals surface area contributed by atoms with Crippen molar-refractivity contribution in [1.82, 2.24) is 0 Å². The van der Waals surface area contributed by atoms with Gasteiger partial charge in [-0.3, -0.25) is 0 Å². The zero-order valence-corrected chi connectivity index (χ0v) is 14.0. The van der Waals surface area contributed by atoms with Gasteiger partial charge in [0.2, 0.25) is 0 Å². The minimum Gasteiger partial charge on any atom is -0.748 e. The molecule has 0 aliphatic carbocycles. The number of aryl methyl sites for hydroxylation is 1. The van der Waals surface area contributed by atoms with E-state index < -0.39 is 10.1 Å². The molecule has 0 bridgehead atoms. The van der Waals surface area contributed by atoms with Gasteiger partial charge in [-0.2, -0.15) is 0 Å². The Labute approximate surface area is 131 Å². The molecule has 0 radical (unpaired) electrons. The molecule has 0 heterocycles. The number of benzene rings is 1. The second-order valence-electron chi connectivity index (χ2n) is 4.03. The van der Waals surface area contributed by atoms with Gasteiger partial charge in [0.15, 0.2) is 0 Å². The first kappa shape index (κ1) is 17.9. The van der Waals surface area contributed by atoms with Crippen LogP contribution in [0.15, 0.2) is 24.3 Å². The van der Waals surface area contributed by atoms with Crippen molar-refractivity contribution in [2.75, 3.05) is 23.7 Å². The van der Waals surface area contributed by atoms with Crippen molar-refractivity contribution in [3.8, 4) is 0 Å². The molecule has 0 fully saturated rings. The zero-order valence-electron chi connectivity index (χ0n) is 11.2. The third kappa shape index (κ3) is 6.75. The first-order valence-corrected chi connectivity index (χ1v) is 7.25. The molecule has 4 nitrogen and oxygen atoms in total. The molecule has 0 saturated heterocycles. The predicted molar refractivity (Wildman–Crippen MR) is 68.2 cm³/mol. The predicted octanol–water partition coefficient (Wildman–Crippen LogP) is -1.24. The fourth-order valence-electron chi connectivity index (χ4n) is 1.73. The second-order valence-corrected chi connectivity index (χ2v) is 5.56. The van der Waals surface area contributed by atoms with Gasteiger partial charge in [0, 0.05) is 24.5 Å². The smallest absolute Gasteiger partial charge is 0.748 e. The molecule has 0 N–H and O–H groups in total. The Morgan fingerprint density at radius 1 is 1.33 bits per heavy atom. The molecule has 0 unspecified atom stereocenters. The molecule has 1 aromatic carbocycles.